The van der Waals surface area contributed by atoms with Gasteiger partial charge in [-0.15, -0.1) is 0 Å². The van der Waals surface area contributed by atoms with E-state index in [1.165, 1.54) is 56.1 Å². The molecule has 1 aromatic carbocycles. The highest BCUT2D eigenvalue weighted by Gasteiger charge is 2.20. The second-order valence-corrected chi connectivity index (χ2v) is 8.11. The van der Waals surface area contributed by atoms with E-state index < -0.39 is 5.60 Å². The summed E-state index contributed by atoms with van der Waals surface area (Å²) in [5.74, 6) is -0.185. The zero-order chi connectivity index (χ0) is 18.7. The van der Waals surface area contributed by atoms with Crippen LogP contribution in [-0.2, 0) is 17.6 Å². The van der Waals surface area contributed by atoms with Crippen LogP contribution >= 0.6 is 0 Å². The Balaban J connectivity index is 2.83. The molecule has 1 rings (SSSR count). The monoisotopic (exact) mass is 346 g/mol. The molecular weight excluding hydrogens is 308 g/mol. The number of benzene rings is 1. The predicted octanol–water partition coefficient (Wildman–Crippen LogP) is 6.89. The summed E-state index contributed by atoms with van der Waals surface area (Å²) in [5, 5.41) is 0. The molecule has 2 nitrogen and oxygen atoms in total. The van der Waals surface area contributed by atoms with E-state index in [-0.39, 0.29) is 5.97 Å². The third kappa shape index (κ3) is 9.09. The SMILES string of the molecule is CCCCCCc1ccc(C(=O)OC(C)(C)C)c(CCCCCC)c1. The van der Waals surface area contributed by atoms with Crippen molar-refractivity contribution in [1.29, 1.82) is 0 Å². The number of hydrogen-bond acceptors (Lipinski definition) is 2. The summed E-state index contributed by atoms with van der Waals surface area (Å²) in [6, 6.07) is 6.34. The quantitative estimate of drug-likeness (QED) is 0.322. The smallest absolute Gasteiger partial charge is 0.338 e. The van der Waals surface area contributed by atoms with Gasteiger partial charge in [-0.2, -0.15) is 0 Å². The van der Waals surface area contributed by atoms with Crippen LogP contribution in [0.25, 0.3) is 0 Å². The first-order chi connectivity index (χ1) is 11.9. The summed E-state index contributed by atoms with van der Waals surface area (Å²) >= 11 is 0. The van der Waals surface area contributed by atoms with Gasteiger partial charge in [0.1, 0.15) is 5.60 Å². The fraction of sp³-hybridized carbons (Fsp3) is 0.696. The summed E-state index contributed by atoms with van der Waals surface area (Å²) < 4.78 is 5.61. The summed E-state index contributed by atoms with van der Waals surface area (Å²) in [6.07, 6.45) is 12.0. The Kier molecular flexibility index (Phi) is 9.85. The molecule has 0 aliphatic rings. The lowest BCUT2D eigenvalue weighted by Crippen LogP contribution is -2.24. The second kappa shape index (κ2) is 11.3. The van der Waals surface area contributed by atoms with E-state index in [9.17, 15) is 4.79 Å². The zero-order valence-corrected chi connectivity index (χ0v) is 17.1. The number of esters is 1. The normalized spacial score (nSPS) is 11.6. The van der Waals surface area contributed by atoms with Gasteiger partial charge in [0.15, 0.2) is 0 Å². The van der Waals surface area contributed by atoms with Crippen molar-refractivity contribution in [1.82, 2.24) is 0 Å². The lowest BCUT2D eigenvalue weighted by Gasteiger charge is -2.21. The number of carbonyl (C=O) groups excluding carboxylic acids is 1. The van der Waals surface area contributed by atoms with Gasteiger partial charge in [0.25, 0.3) is 0 Å². The fourth-order valence-corrected chi connectivity index (χ4v) is 3.04. The molecule has 142 valence electrons. The molecule has 0 bridgehead atoms. The Morgan fingerprint density at radius 2 is 1.48 bits per heavy atom. The van der Waals surface area contributed by atoms with Crippen LogP contribution in [0.2, 0.25) is 0 Å². The maximum Gasteiger partial charge on any atom is 0.338 e. The zero-order valence-electron chi connectivity index (χ0n) is 17.1. The van der Waals surface area contributed by atoms with Crippen LogP contribution in [0, 0.1) is 0 Å². The van der Waals surface area contributed by atoms with Gasteiger partial charge < -0.3 is 4.74 Å². The lowest BCUT2D eigenvalue weighted by molar-refractivity contribution is 0.00683. The molecule has 0 radical (unpaired) electrons. The molecule has 0 aliphatic carbocycles. The molecule has 0 heterocycles. The minimum Gasteiger partial charge on any atom is -0.456 e. The molecular formula is C23H38O2. The molecule has 0 atom stereocenters. The van der Waals surface area contributed by atoms with Gasteiger partial charge >= 0.3 is 5.97 Å². The number of carbonyl (C=O) groups is 1. The van der Waals surface area contributed by atoms with Gasteiger partial charge in [-0.05, 0) is 63.6 Å². The highest BCUT2D eigenvalue weighted by Crippen LogP contribution is 2.21. The molecule has 0 aliphatic heterocycles. The molecule has 0 spiro atoms. The van der Waals surface area contributed by atoms with Crippen molar-refractivity contribution in [2.24, 2.45) is 0 Å². The third-order valence-electron chi connectivity index (χ3n) is 4.41. The van der Waals surface area contributed by atoms with Crippen LogP contribution in [0.15, 0.2) is 18.2 Å². The summed E-state index contributed by atoms with van der Waals surface area (Å²) in [6.45, 7) is 10.2. The van der Waals surface area contributed by atoms with Crippen molar-refractivity contribution >= 4 is 5.97 Å². The summed E-state index contributed by atoms with van der Waals surface area (Å²) in [4.78, 5) is 12.6. The van der Waals surface area contributed by atoms with Gasteiger partial charge in [-0.3, -0.25) is 0 Å². The Bertz CT molecular complexity index is 511. The van der Waals surface area contributed by atoms with Crippen molar-refractivity contribution < 1.29 is 9.53 Å². The van der Waals surface area contributed by atoms with Gasteiger partial charge in [0.05, 0.1) is 5.56 Å². The Hall–Kier alpha value is -1.31. The van der Waals surface area contributed by atoms with Crippen molar-refractivity contribution in [3.63, 3.8) is 0 Å². The predicted molar refractivity (Wildman–Crippen MR) is 107 cm³/mol. The first kappa shape index (κ1) is 21.7. The van der Waals surface area contributed by atoms with Crippen LogP contribution in [0.5, 0.6) is 0 Å². The first-order valence-corrected chi connectivity index (χ1v) is 10.2. The van der Waals surface area contributed by atoms with Crippen molar-refractivity contribution in [3.8, 4) is 0 Å². The highest BCUT2D eigenvalue weighted by molar-refractivity contribution is 5.91. The Labute approximate surface area is 155 Å². The van der Waals surface area contributed by atoms with E-state index in [4.69, 9.17) is 4.74 Å². The van der Waals surface area contributed by atoms with Crippen molar-refractivity contribution in [2.75, 3.05) is 0 Å². The molecule has 2 heteroatoms. The number of unbranched alkanes of at least 4 members (excludes halogenated alkanes) is 6. The van der Waals surface area contributed by atoms with Gasteiger partial charge in [0.2, 0.25) is 0 Å². The van der Waals surface area contributed by atoms with E-state index >= 15 is 0 Å². The molecule has 0 N–H and O–H groups in total. The van der Waals surface area contributed by atoms with Crippen LogP contribution < -0.4 is 0 Å². The average Bonchev–Trinajstić information content (AvgIpc) is 2.54. The third-order valence-corrected chi connectivity index (χ3v) is 4.41. The molecule has 0 aromatic heterocycles. The van der Waals surface area contributed by atoms with Crippen LogP contribution in [-0.4, -0.2) is 11.6 Å². The summed E-state index contributed by atoms with van der Waals surface area (Å²) in [7, 11) is 0. The maximum atomic E-state index is 12.6. The molecule has 0 saturated heterocycles. The van der Waals surface area contributed by atoms with Crippen LogP contribution in [0.1, 0.15) is 107 Å². The van der Waals surface area contributed by atoms with E-state index in [1.807, 2.05) is 26.8 Å². The van der Waals surface area contributed by atoms with Gasteiger partial charge in [-0.1, -0.05) is 64.5 Å². The molecule has 0 amide bonds. The van der Waals surface area contributed by atoms with Gasteiger partial charge in [0, 0.05) is 0 Å². The lowest BCUT2D eigenvalue weighted by atomic mass is 9.96. The first-order valence-electron chi connectivity index (χ1n) is 10.2. The fourth-order valence-electron chi connectivity index (χ4n) is 3.04. The number of rotatable bonds is 11. The number of ether oxygens (including phenoxy) is 1. The van der Waals surface area contributed by atoms with Crippen LogP contribution in [0.4, 0.5) is 0 Å². The minimum absolute atomic E-state index is 0.185. The summed E-state index contributed by atoms with van der Waals surface area (Å²) in [5.41, 5.74) is 2.83. The number of hydrogen-bond donors (Lipinski definition) is 0. The van der Waals surface area contributed by atoms with E-state index in [0.717, 1.165) is 24.8 Å². The maximum absolute atomic E-state index is 12.6. The largest absolute Gasteiger partial charge is 0.456 e. The van der Waals surface area contributed by atoms with Gasteiger partial charge in [-0.25, -0.2) is 4.79 Å². The Morgan fingerprint density at radius 1 is 0.880 bits per heavy atom. The highest BCUT2D eigenvalue weighted by atomic mass is 16.6. The molecule has 0 fully saturated rings. The van der Waals surface area contributed by atoms with E-state index in [0.29, 0.717) is 0 Å². The topological polar surface area (TPSA) is 26.3 Å². The van der Waals surface area contributed by atoms with Crippen molar-refractivity contribution in [2.45, 2.75) is 104 Å². The second-order valence-electron chi connectivity index (χ2n) is 8.11. The molecule has 0 unspecified atom stereocenters. The van der Waals surface area contributed by atoms with E-state index in [1.54, 1.807) is 0 Å². The number of aryl methyl sites for hydroxylation is 2. The standard InChI is InChI=1S/C23H38O2/c1-6-8-10-12-14-19-16-17-21(22(24)25-23(3,4)5)20(18-19)15-13-11-9-7-2/h16-18H,6-15H2,1-5H3. The Morgan fingerprint density at radius 3 is 2.04 bits per heavy atom. The molecule has 1 aromatic rings. The average molecular weight is 347 g/mol. The molecule has 0 saturated carbocycles. The van der Waals surface area contributed by atoms with E-state index in [2.05, 4.69) is 26.0 Å². The molecule has 25 heavy (non-hydrogen) atoms. The van der Waals surface area contributed by atoms with Crippen LogP contribution in [0.3, 0.4) is 0 Å². The van der Waals surface area contributed by atoms with Crippen molar-refractivity contribution in [3.05, 3.63) is 34.9 Å². The minimum atomic E-state index is -0.449.